The highest BCUT2D eigenvalue weighted by molar-refractivity contribution is 5.62. The first-order valence-electron chi connectivity index (χ1n) is 9.00. The summed E-state index contributed by atoms with van der Waals surface area (Å²) in [4.78, 5) is 2.64. The molecular formula is C21H24N2. The molecule has 0 amide bonds. The molecule has 0 unspecified atom stereocenters. The minimum atomic E-state index is 0.267. The molecule has 1 N–H and O–H groups in total. The molecule has 1 heterocycles. The van der Waals surface area contributed by atoms with E-state index < -0.39 is 0 Å². The van der Waals surface area contributed by atoms with Crippen molar-refractivity contribution in [3.05, 3.63) is 70.8 Å². The van der Waals surface area contributed by atoms with Gasteiger partial charge in [-0.3, -0.25) is 0 Å². The monoisotopic (exact) mass is 304 g/mol. The van der Waals surface area contributed by atoms with Crippen molar-refractivity contribution >= 4 is 0 Å². The van der Waals surface area contributed by atoms with E-state index in [1.54, 1.807) is 22.3 Å². The highest BCUT2D eigenvalue weighted by atomic mass is 15.2. The normalized spacial score (nSPS) is 28.6. The molecule has 2 nitrogen and oxygen atoms in total. The Kier molecular flexibility index (Phi) is 3.10. The number of piperazine rings is 1. The Morgan fingerprint density at radius 3 is 2.17 bits per heavy atom. The summed E-state index contributed by atoms with van der Waals surface area (Å²) in [5.74, 6) is 0.630. The molecule has 0 saturated carbocycles. The lowest BCUT2D eigenvalue weighted by Gasteiger charge is -2.35. The maximum Gasteiger partial charge on any atom is 0.0230 e. The molecule has 2 aromatic carbocycles. The number of hydrogen-bond donors (Lipinski definition) is 1. The number of fused-ring (bicyclic) bond motifs is 8. The summed E-state index contributed by atoms with van der Waals surface area (Å²) in [6.07, 6.45) is 2.55. The summed E-state index contributed by atoms with van der Waals surface area (Å²) in [7, 11) is 0. The van der Waals surface area contributed by atoms with Crippen molar-refractivity contribution in [2.45, 2.75) is 24.2 Å². The molecule has 1 fully saturated rings. The first-order chi connectivity index (χ1) is 11.4. The van der Waals surface area contributed by atoms with Gasteiger partial charge in [0.05, 0.1) is 0 Å². The van der Waals surface area contributed by atoms with E-state index in [0.717, 1.165) is 13.1 Å². The van der Waals surface area contributed by atoms with Crippen molar-refractivity contribution in [2.24, 2.45) is 0 Å². The molecule has 5 rings (SSSR count). The lowest BCUT2D eigenvalue weighted by atomic mass is 9.73. The quantitative estimate of drug-likeness (QED) is 0.937. The van der Waals surface area contributed by atoms with E-state index in [-0.39, 0.29) is 5.41 Å². The Hall–Kier alpha value is -1.64. The zero-order chi connectivity index (χ0) is 15.3. The molecule has 2 heteroatoms. The second-order valence-electron chi connectivity index (χ2n) is 7.35. The fourth-order valence-corrected chi connectivity index (χ4v) is 5.23. The summed E-state index contributed by atoms with van der Waals surface area (Å²) >= 11 is 0. The van der Waals surface area contributed by atoms with Crippen molar-refractivity contribution in [3.8, 4) is 0 Å². The van der Waals surface area contributed by atoms with Gasteiger partial charge in [0.1, 0.15) is 0 Å². The van der Waals surface area contributed by atoms with Crippen LogP contribution in [0.1, 0.15) is 41.0 Å². The van der Waals surface area contributed by atoms with Crippen molar-refractivity contribution in [1.29, 1.82) is 0 Å². The van der Waals surface area contributed by atoms with Gasteiger partial charge in [-0.05, 0) is 41.6 Å². The zero-order valence-electron chi connectivity index (χ0n) is 13.6. The SMILES string of the molecule is c1ccc2c(c1)C1CC2(CCN2CCNCC2)c2ccccc21. The third-order valence-corrected chi connectivity index (χ3v) is 6.32. The van der Waals surface area contributed by atoms with Gasteiger partial charge in [0.2, 0.25) is 0 Å². The van der Waals surface area contributed by atoms with Crippen LogP contribution in [0, 0.1) is 0 Å². The Morgan fingerprint density at radius 2 is 1.52 bits per heavy atom. The standard InChI is InChI=1S/C21H24N2/c1-3-7-19-16(5-1)18-15-21(19,20-8-4-2-6-17(18)20)9-12-23-13-10-22-11-14-23/h1-8,18,22H,9-15H2. The van der Waals surface area contributed by atoms with Crippen LogP contribution < -0.4 is 5.32 Å². The number of rotatable bonds is 3. The maximum atomic E-state index is 3.46. The van der Waals surface area contributed by atoms with Gasteiger partial charge in [0, 0.05) is 37.5 Å². The summed E-state index contributed by atoms with van der Waals surface area (Å²) in [6, 6.07) is 18.4. The van der Waals surface area contributed by atoms with Gasteiger partial charge in [0.25, 0.3) is 0 Å². The Bertz CT molecular complexity index is 683. The third-order valence-electron chi connectivity index (χ3n) is 6.32. The van der Waals surface area contributed by atoms with Crippen LogP contribution >= 0.6 is 0 Å². The molecule has 0 aromatic heterocycles. The Labute approximate surface area is 138 Å². The van der Waals surface area contributed by atoms with Crippen LogP contribution in [0.4, 0.5) is 0 Å². The van der Waals surface area contributed by atoms with Crippen molar-refractivity contribution < 1.29 is 0 Å². The van der Waals surface area contributed by atoms with Crippen LogP contribution in [-0.2, 0) is 5.41 Å². The predicted molar refractivity (Wildman–Crippen MR) is 94.1 cm³/mol. The molecular weight excluding hydrogens is 280 g/mol. The number of benzene rings is 2. The molecule has 0 radical (unpaired) electrons. The molecule has 118 valence electrons. The van der Waals surface area contributed by atoms with Crippen LogP contribution in [0.3, 0.4) is 0 Å². The Balaban J connectivity index is 1.53. The van der Waals surface area contributed by atoms with E-state index in [9.17, 15) is 0 Å². The molecule has 23 heavy (non-hydrogen) atoms. The maximum absolute atomic E-state index is 3.46. The Morgan fingerprint density at radius 1 is 0.913 bits per heavy atom. The van der Waals surface area contributed by atoms with Crippen molar-refractivity contribution in [1.82, 2.24) is 10.2 Å². The average Bonchev–Trinajstić information content (AvgIpc) is 3.14. The van der Waals surface area contributed by atoms with Crippen LogP contribution in [0.15, 0.2) is 48.5 Å². The van der Waals surface area contributed by atoms with Crippen molar-refractivity contribution in [2.75, 3.05) is 32.7 Å². The average molecular weight is 304 g/mol. The van der Waals surface area contributed by atoms with Gasteiger partial charge < -0.3 is 10.2 Å². The lowest BCUT2D eigenvalue weighted by Crippen LogP contribution is -2.45. The molecule has 1 saturated heterocycles. The van der Waals surface area contributed by atoms with Gasteiger partial charge in [-0.15, -0.1) is 0 Å². The van der Waals surface area contributed by atoms with Gasteiger partial charge >= 0.3 is 0 Å². The summed E-state index contributed by atoms with van der Waals surface area (Å²) in [6.45, 7) is 5.90. The van der Waals surface area contributed by atoms with Crippen LogP contribution in [0.5, 0.6) is 0 Å². The third kappa shape index (κ3) is 1.95. The lowest BCUT2D eigenvalue weighted by molar-refractivity contribution is 0.222. The molecule has 0 atom stereocenters. The van der Waals surface area contributed by atoms with Gasteiger partial charge in [-0.25, -0.2) is 0 Å². The highest BCUT2D eigenvalue weighted by Gasteiger charge is 2.51. The first kappa shape index (κ1) is 13.8. The second kappa shape index (κ2) is 5.19. The molecule has 1 aliphatic heterocycles. The number of nitrogens with one attached hydrogen (secondary N) is 1. The number of nitrogens with zero attached hydrogens (tertiary/aromatic N) is 1. The fraction of sp³-hybridized carbons (Fsp3) is 0.429. The van der Waals surface area contributed by atoms with E-state index in [2.05, 4.69) is 58.7 Å². The van der Waals surface area contributed by atoms with E-state index in [4.69, 9.17) is 0 Å². The minimum absolute atomic E-state index is 0.267. The van der Waals surface area contributed by atoms with Crippen LogP contribution in [0.25, 0.3) is 0 Å². The topological polar surface area (TPSA) is 15.3 Å². The van der Waals surface area contributed by atoms with Crippen molar-refractivity contribution in [3.63, 3.8) is 0 Å². The van der Waals surface area contributed by atoms with Gasteiger partial charge in [-0.2, -0.15) is 0 Å². The molecule has 2 bridgehead atoms. The highest BCUT2D eigenvalue weighted by Crippen LogP contribution is 2.61. The molecule has 2 aliphatic carbocycles. The second-order valence-corrected chi connectivity index (χ2v) is 7.35. The van der Waals surface area contributed by atoms with Gasteiger partial charge in [-0.1, -0.05) is 48.5 Å². The van der Waals surface area contributed by atoms with E-state index in [0.29, 0.717) is 5.92 Å². The van der Waals surface area contributed by atoms with E-state index in [1.807, 2.05) is 0 Å². The molecule has 2 aromatic rings. The minimum Gasteiger partial charge on any atom is -0.314 e. The summed E-state index contributed by atoms with van der Waals surface area (Å²) in [5.41, 5.74) is 6.67. The van der Waals surface area contributed by atoms with Crippen LogP contribution in [-0.4, -0.2) is 37.6 Å². The largest absolute Gasteiger partial charge is 0.314 e. The first-order valence-corrected chi connectivity index (χ1v) is 9.00. The summed E-state index contributed by atoms with van der Waals surface area (Å²) in [5, 5.41) is 3.46. The smallest absolute Gasteiger partial charge is 0.0230 e. The summed E-state index contributed by atoms with van der Waals surface area (Å²) < 4.78 is 0. The molecule has 3 aliphatic rings. The van der Waals surface area contributed by atoms with E-state index >= 15 is 0 Å². The van der Waals surface area contributed by atoms with E-state index in [1.165, 1.54) is 32.5 Å². The molecule has 0 spiro atoms. The zero-order valence-corrected chi connectivity index (χ0v) is 13.6. The predicted octanol–water partition coefficient (Wildman–Crippen LogP) is 3.12. The fourth-order valence-electron chi connectivity index (χ4n) is 5.23. The van der Waals surface area contributed by atoms with Crippen LogP contribution in [0.2, 0.25) is 0 Å². The van der Waals surface area contributed by atoms with Gasteiger partial charge in [0.15, 0.2) is 0 Å². The number of hydrogen-bond acceptors (Lipinski definition) is 2.